The molecule has 0 fully saturated rings. The maximum Gasteiger partial charge on any atom is 0.207 e. The van der Waals surface area contributed by atoms with Crippen LogP contribution in [-0.4, -0.2) is 33.3 Å². The Kier molecular flexibility index (Phi) is 5.29. The Morgan fingerprint density at radius 1 is 1.08 bits per heavy atom. The first-order chi connectivity index (χ1) is 12.2. The molecule has 2 aromatic carbocycles. The quantitative estimate of drug-likeness (QED) is 0.737. The van der Waals surface area contributed by atoms with E-state index in [0.29, 0.717) is 29.6 Å². The molecule has 0 saturated carbocycles. The molecule has 3 aromatic rings. The zero-order valence-corrected chi connectivity index (χ0v) is 14.1. The van der Waals surface area contributed by atoms with Gasteiger partial charge in [0, 0.05) is 13.1 Å². The van der Waals surface area contributed by atoms with Crippen LogP contribution in [0, 0.1) is 11.3 Å². The Morgan fingerprint density at radius 3 is 2.48 bits per heavy atom. The SMILES string of the molecule is N#Cc1nn(-c2ccccc2Cl)nc1N(CCO)Cc1ccccc1. The van der Waals surface area contributed by atoms with Crippen LogP contribution >= 0.6 is 11.6 Å². The monoisotopic (exact) mass is 353 g/mol. The van der Waals surface area contributed by atoms with E-state index < -0.39 is 0 Å². The summed E-state index contributed by atoms with van der Waals surface area (Å²) in [6.07, 6.45) is 0. The number of aliphatic hydroxyl groups excluding tert-OH is 1. The van der Waals surface area contributed by atoms with Gasteiger partial charge in [-0.25, -0.2) is 0 Å². The van der Waals surface area contributed by atoms with Crippen LogP contribution in [0.25, 0.3) is 5.69 Å². The average Bonchev–Trinajstić information content (AvgIpc) is 3.07. The first-order valence-corrected chi connectivity index (χ1v) is 8.13. The molecule has 1 heterocycles. The third-order valence-corrected chi connectivity index (χ3v) is 3.98. The summed E-state index contributed by atoms with van der Waals surface area (Å²) in [5.74, 6) is 0.417. The molecule has 0 aliphatic rings. The van der Waals surface area contributed by atoms with Crippen LogP contribution in [-0.2, 0) is 6.54 Å². The molecule has 0 bridgehead atoms. The minimum Gasteiger partial charge on any atom is -0.395 e. The number of anilines is 1. The molecule has 3 rings (SSSR count). The number of nitrogens with zero attached hydrogens (tertiary/aromatic N) is 5. The summed E-state index contributed by atoms with van der Waals surface area (Å²) in [4.78, 5) is 3.18. The van der Waals surface area contributed by atoms with Gasteiger partial charge in [-0.05, 0) is 17.7 Å². The van der Waals surface area contributed by atoms with Gasteiger partial charge in [-0.1, -0.05) is 54.1 Å². The third-order valence-electron chi connectivity index (χ3n) is 3.66. The predicted octanol–water partition coefficient (Wildman–Crippen LogP) is 2.79. The lowest BCUT2D eigenvalue weighted by Gasteiger charge is -2.21. The van der Waals surface area contributed by atoms with Gasteiger partial charge in [-0.15, -0.1) is 15.0 Å². The van der Waals surface area contributed by atoms with Crippen molar-refractivity contribution in [2.24, 2.45) is 0 Å². The third kappa shape index (κ3) is 3.79. The van der Waals surface area contributed by atoms with Crippen molar-refractivity contribution in [1.82, 2.24) is 15.0 Å². The van der Waals surface area contributed by atoms with Gasteiger partial charge in [-0.3, -0.25) is 0 Å². The number of halogens is 1. The number of para-hydroxylation sites is 1. The van der Waals surface area contributed by atoms with Crippen molar-refractivity contribution in [3.8, 4) is 11.8 Å². The number of nitriles is 1. The molecule has 0 unspecified atom stereocenters. The Morgan fingerprint density at radius 2 is 1.80 bits per heavy atom. The van der Waals surface area contributed by atoms with Crippen LogP contribution in [0.3, 0.4) is 0 Å². The van der Waals surface area contributed by atoms with Gasteiger partial charge in [-0.2, -0.15) is 5.26 Å². The number of rotatable bonds is 6. The van der Waals surface area contributed by atoms with E-state index in [-0.39, 0.29) is 12.3 Å². The Bertz CT molecular complexity index is 888. The number of benzene rings is 2. The van der Waals surface area contributed by atoms with Crippen molar-refractivity contribution >= 4 is 17.4 Å². The minimum absolute atomic E-state index is 0.0589. The first-order valence-electron chi connectivity index (χ1n) is 7.75. The molecule has 1 N–H and O–H groups in total. The molecule has 0 saturated heterocycles. The predicted molar refractivity (Wildman–Crippen MR) is 95.7 cm³/mol. The number of aliphatic hydroxyl groups is 1. The van der Waals surface area contributed by atoms with E-state index in [1.54, 1.807) is 12.1 Å². The molecule has 0 amide bonds. The maximum atomic E-state index is 9.44. The van der Waals surface area contributed by atoms with Crippen LogP contribution < -0.4 is 4.90 Å². The summed E-state index contributed by atoms with van der Waals surface area (Å²) in [6, 6.07) is 19.0. The van der Waals surface area contributed by atoms with E-state index in [1.807, 2.05) is 47.4 Å². The van der Waals surface area contributed by atoms with Crippen LogP contribution in [0.1, 0.15) is 11.3 Å². The second-order valence-electron chi connectivity index (χ2n) is 5.36. The van der Waals surface area contributed by atoms with Crippen molar-refractivity contribution in [2.45, 2.75) is 6.54 Å². The Balaban J connectivity index is 1.99. The molecule has 7 heteroatoms. The normalized spacial score (nSPS) is 10.4. The van der Waals surface area contributed by atoms with E-state index in [1.165, 1.54) is 4.80 Å². The van der Waals surface area contributed by atoms with Gasteiger partial charge in [0.1, 0.15) is 11.8 Å². The molecule has 0 radical (unpaired) electrons. The number of aromatic nitrogens is 3. The topological polar surface area (TPSA) is 78.0 Å². The largest absolute Gasteiger partial charge is 0.395 e. The van der Waals surface area contributed by atoms with Crippen molar-refractivity contribution in [3.05, 3.63) is 70.9 Å². The molecule has 0 aliphatic carbocycles. The maximum absolute atomic E-state index is 9.44. The fourth-order valence-corrected chi connectivity index (χ4v) is 2.70. The molecule has 25 heavy (non-hydrogen) atoms. The standard InChI is InChI=1S/C18H16ClN5O/c19-15-8-4-5-9-17(15)24-21-16(12-20)18(22-24)23(10-11-25)13-14-6-2-1-3-7-14/h1-9,25H,10-11,13H2. The van der Waals surface area contributed by atoms with E-state index in [0.717, 1.165) is 5.56 Å². The average molecular weight is 354 g/mol. The highest BCUT2D eigenvalue weighted by atomic mass is 35.5. The smallest absolute Gasteiger partial charge is 0.207 e. The van der Waals surface area contributed by atoms with Gasteiger partial charge < -0.3 is 10.0 Å². The Labute approximate surface area is 150 Å². The molecule has 0 spiro atoms. The zero-order chi connectivity index (χ0) is 17.6. The molecule has 0 atom stereocenters. The second-order valence-corrected chi connectivity index (χ2v) is 5.76. The summed E-state index contributed by atoms with van der Waals surface area (Å²) in [6.45, 7) is 0.790. The molecular weight excluding hydrogens is 338 g/mol. The van der Waals surface area contributed by atoms with Crippen LogP contribution in [0.2, 0.25) is 5.02 Å². The van der Waals surface area contributed by atoms with Crippen molar-refractivity contribution in [3.63, 3.8) is 0 Å². The lowest BCUT2D eigenvalue weighted by Crippen LogP contribution is -2.27. The van der Waals surface area contributed by atoms with Crippen LogP contribution in [0.4, 0.5) is 5.82 Å². The van der Waals surface area contributed by atoms with Crippen molar-refractivity contribution < 1.29 is 5.11 Å². The van der Waals surface area contributed by atoms with Gasteiger partial charge in [0.2, 0.25) is 5.69 Å². The lowest BCUT2D eigenvalue weighted by molar-refractivity contribution is 0.301. The van der Waals surface area contributed by atoms with Crippen LogP contribution in [0.15, 0.2) is 54.6 Å². The van der Waals surface area contributed by atoms with E-state index in [2.05, 4.69) is 16.3 Å². The Hall–Kier alpha value is -2.88. The molecule has 1 aromatic heterocycles. The zero-order valence-electron chi connectivity index (χ0n) is 13.4. The van der Waals surface area contributed by atoms with E-state index in [4.69, 9.17) is 11.6 Å². The van der Waals surface area contributed by atoms with Gasteiger partial charge in [0.15, 0.2) is 5.82 Å². The summed E-state index contributed by atoms with van der Waals surface area (Å²) in [5.41, 5.74) is 1.83. The van der Waals surface area contributed by atoms with Gasteiger partial charge >= 0.3 is 0 Å². The first kappa shape index (κ1) is 17.0. The fraction of sp³-hybridized carbons (Fsp3) is 0.167. The highest BCUT2D eigenvalue weighted by Gasteiger charge is 2.19. The van der Waals surface area contributed by atoms with Gasteiger partial charge in [0.05, 0.1) is 11.6 Å². The van der Waals surface area contributed by atoms with E-state index in [9.17, 15) is 10.4 Å². The molecule has 6 nitrogen and oxygen atoms in total. The lowest BCUT2D eigenvalue weighted by atomic mass is 10.2. The van der Waals surface area contributed by atoms with E-state index >= 15 is 0 Å². The molecule has 126 valence electrons. The highest BCUT2D eigenvalue weighted by molar-refractivity contribution is 6.32. The number of hydrogen-bond acceptors (Lipinski definition) is 5. The highest BCUT2D eigenvalue weighted by Crippen LogP contribution is 2.23. The van der Waals surface area contributed by atoms with Crippen molar-refractivity contribution in [1.29, 1.82) is 5.26 Å². The minimum atomic E-state index is -0.0589. The number of hydrogen-bond donors (Lipinski definition) is 1. The second kappa shape index (κ2) is 7.79. The molecular formula is C18H16ClN5O. The van der Waals surface area contributed by atoms with Gasteiger partial charge in [0.25, 0.3) is 0 Å². The fourth-order valence-electron chi connectivity index (χ4n) is 2.49. The summed E-state index contributed by atoms with van der Waals surface area (Å²) in [7, 11) is 0. The van der Waals surface area contributed by atoms with Crippen LogP contribution in [0.5, 0.6) is 0 Å². The van der Waals surface area contributed by atoms with Crippen molar-refractivity contribution in [2.75, 3.05) is 18.1 Å². The summed E-state index contributed by atoms with van der Waals surface area (Å²) < 4.78 is 0. The molecule has 0 aliphatic heterocycles. The summed E-state index contributed by atoms with van der Waals surface area (Å²) >= 11 is 6.20. The summed E-state index contributed by atoms with van der Waals surface area (Å²) in [5, 5.41) is 28.0.